The highest BCUT2D eigenvalue weighted by atomic mass is 16.7. The summed E-state index contributed by atoms with van der Waals surface area (Å²) in [6, 6.07) is 10.2. The van der Waals surface area contributed by atoms with E-state index in [1.165, 1.54) is 6.07 Å². The van der Waals surface area contributed by atoms with Crippen LogP contribution in [0.4, 0.5) is 0 Å². The summed E-state index contributed by atoms with van der Waals surface area (Å²) in [6.07, 6.45) is 0. The Labute approximate surface area is 197 Å². The van der Waals surface area contributed by atoms with Crippen LogP contribution in [0, 0.1) is 0 Å². The molecule has 34 heavy (non-hydrogen) atoms. The number of ether oxygens (including phenoxy) is 1. The van der Waals surface area contributed by atoms with Crippen LogP contribution in [0.3, 0.4) is 0 Å². The van der Waals surface area contributed by atoms with Crippen molar-refractivity contribution >= 4 is 5.91 Å². The predicted octanol–water partition coefficient (Wildman–Crippen LogP) is 3.92. The normalized spacial score (nSPS) is 14.4. The summed E-state index contributed by atoms with van der Waals surface area (Å²) >= 11 is 0. The van der Waals surface area contributed by atoms with Crippen molar-refractivity contribution in [3.05, 3.63) is 47.7 Å². The molecule has 1 fully saturated rings. The number of amides is 1. The zero-order valence-corrected chi connectivity index (χ0v) is 19.5. The number of nitrogens with one attached hydrogen (secondary N) is 1. The number of benzene rings is 2. The highest BCUT2D eigenvalue weighted by molar-refractivity contribution is 6.02. The Balaban J connectivity index is 1.76. The van der Waals surface area contributed by atoms with Crippen LogP contribution in [0.1, 0.15) is 42.7 Å². The standard InChI is InChI=1S/C25H29N3O6/c1-4-26-25(31)23-22(16-5-7-17(8-6-16)34-28-9-11-32-12-10-28)24(33-27-23)19-13-18(15(2)3)20(29)14-21(19)30/h5-8,13-15,29-30H,4,9-12H2,1-3H3,(H,26,31). The molecule has 0 atom stereocenters. The number of phenols is 2. The lowest BCUT2D eigenvalue weighted by molar-refractivity contribution is -0.118. The number of rotatable bonds is 7. The molecule has 0 unspecified atom stereocenters. The molecule has 4 rings (SSSR count). The molecule has 0 radical (unpaired) electrons. The second-order valence-electron chi connectivity index (χ2n) is 8.33. The lowest BCUT2D eigenvalue weighted by Crippen LogP contribution is -2.38. The van der Waals surface area contributed by atoms with Crippen molar-refractivity contribution in [1.29, 1.82) is 0 Å². The molecule has 1 aliphatic rings. The van der Waals surface area contributed by atoms with Gasteiger partial charge in [0.25, 0.3) is 5.91 Å². The van der Waals surface area contributed by atoms with E-state index in [2.05, 4.69) is 10.5 Å². The fraction of sp³-hybridized carbons (Fsp3) is 0.360. The number of hydrogen-bond acceptors (Lipinski definition) is 8. The van der Waals surface area contributed by atoms with Gasteiger partial charge in [-0.2, -0.15) is 0 Å². The minimum atomic E-state index is -0.386. The van der Waals surface area contributed by atoms with E-state index < -0.39 is 0 Å². The Morgan fingerprint density at radius 3 is 2.50 bits per heavy atom. The molecular formula is C25H29N3O6. The zero-order valence-electron chi connectivity index (χ0n) is 19.5. The molecular weight excluding hydrogens is 438 g/mol. The van der Waals surface area contributed by atoms with Crippen molar-refractivity contribution in [2.24, 2.45) is 0 Å². The Bertz CT molecular complexity index is 1150. The van der Waals surface area contributed by atoms with Crippen LogP contribution < -0.4 is 10.2 Å². The third-order valence-electron chi connectivity index (χ3n) is 5.60. The minimum absolute atomic E-state index is 0.00482. The SMILES string of the molecule is CCNC(=O)c1noc(-c2cc(C(C)C)c(O)cc2O)c1-c1ccc(ON2CCOCC2)cc1. The molecule has 0 aliphatic carbocycles. The maximum absolute atomic E-state index is 12.7. The van der Waals surface area contributed by atoms with Crippen LogP contribution in [-0.4, -0.2) is 59.2 Å². The molecule has 1 aromatic heterocycles. The Hall–Kier alpha value is -3.56. The fourth-order valence-corrected chi connectivity index (χ4v) is 3.85. The van der Waals surface area contributed by atoms with E-state index >= 15 is 0 Å². The third kappa shape index (κ3) is 4.85. The van der Waals surface area contributed by atoms with Crippen LogP contribution in [-0.2, 0) is 4.74 Å². The van der Waals surface area contributed by atoms with E-state index in [0.717, 1.165) is 0 Å². The number of nitrogens with zero attached hydrogens (tertiary/aromatic N) is 2. The quantitative estimate of drug-likeness (QED) is 0.479. The average Bonchev–Trinajstić information content (AvgIpc) is 3.25. The van der Waals surface area contributed by atoms with Gasteiger partial charge < -0.3 is 29.6 Å². The smallest absolute Gasteiger partial charge is 0.274 e. The zero-order chi connectivity index (χ0) is 24.2. The summed E-state index contributed by atoms with van der Waals surface area (Å²) < 4.78 is 10.9. The summed E-state index contributed by atoms with van der Waals surface area (Å²) in [5, 5.41) is 29.5. The Morgan fingerprint density at radius 1 is 1.15 bits per heavy atom. The highest BCUT2D eigenvalue weighted by Gasteiger charge is 2.27. The van der Waals surface area contributed by atoms with Gasteiger partial charge in [0.1, 0.15) is 17.2 Å². The molecule has 1 aliphatic heterocycles. The molecule has 0 spiro atoms. The second kappa shape index (κ2) is 10.1. The van der Waals surface area contributed by atoms with Gasteiger partial charge in [0.15, 0.2) is 11.5 Å². The topological polar surface area (TPSA) is 117 Å². The molecule has 9 heteroatoms. The molecule has 1 amide bonds. The van der Waals surface area contributed by atoms with Crippen molar-refractivity contribution in [2.45, 2.75) is 26.7 Å². The number of aromatic hydroxyl groups is 2. The van der Waals surface area contributed by atoms with Crippen molar-refractivity contribution in [3.8, 4) is 39.7 Å². The number of carbonyl (C=O) groups is 1. The first-order valence-electron chi connectivity index (χ1n) is 11.3. The monoisotopic (exact) mass is 467 g/mol. The van der Waals surface area contributed by atoms with Crippen molar-refractivity contribution in [3.63, 3.8) is 0 Å². The van der Waals surface area contributed by atoms with Crippen LogP contribution in [0.25, 0.3) is 22.5 Å². The molecule has 0 bridgehead atoms. The summed E-state index contributed by atoms with van der Waals surface area (Å²) in [7, 11) is 0. The van der Waals surface area contributed by atoms with Gasteiger partial charge in [0.05, 0.1) is 37.4 Å². The first kappa shape index (κ1) is 23.6. The maximum Gasteiger partial charge on any atom is 0.274 e. The fourth-order valence-electron chi connectivity index (χ4n) is 3.85. The van der Waals surface area contributed by atoms with Gasteiger partial charge in [0.2, 0.25) is 0 Å². The van der Waals surface area contributed by atoms with Crippen molar-refractivity contribution in [2.75, 3.05) is 32.8 Å². The first-order valence-corrected chi connectivity index (χ1v) is 11.3. The molecule has 180 valence electrons. The maximum atomic E-state index is 12.7. The summed E-state index contributed by atoms with van der Waals surface area (Å²) in [5.41, 5.74) is 2.21. The molecule has 2 aromatic carbocycles. The van der Waals surface area contributed by atoms with E-state index in [4.69, 9.17) is 14.1 Å². The van der Waals surface area contributed by atoms with Gasteiger partial charge in [-0.15, -0.1) is 5.06 Å². The van der Waals surface area contributed by atoms with Crippen molar-refractivity contribution < 1.29 is 29.1 Å². The highest BCUT2D eigenvalue weighted by Crippen LogP contribution is 2.43. The van der Waals surface area contributed by atoms with E-state index in [1.54, 1.807) is 18.2 Å². The summed E-state index contributed by atoms with van der Waals surface area (Å²) in [5.74, 6) is 0.328. The van der Waals surface area contributed by atoms with Crippen LogP contribution in [0.5, 0.6) is 17.2 Å². The predicted molar refractivity (Wildman–Crippen MR) is 126 cm³/mol. The van der Waals surface area contributed by atoms with E-state index in [0.29, 0.717) is 60.9 Å². The van der Waals surface area contributed by atoms with E-state index in [1.807, 2.05) is 38.0 Å². The van der Waals surface area contributed by atoms with E-state index in [-0.39, 0.29) is 34.8 Å². The summed E-state index contributed by atoms with van der Waals surface area (Å²) in [6.45, 7) is 8.70. The number of hydrogen-bond donors (Lipinski definition) is 3. The van der Waals surface area contributed by atoms with Gasteiger partial charge in [0, 0.05) is 12.6 Å². The van der Waals surface area contributed by atoms with Crippen LogP contribution in [0.2, 0.25) is 0 Å². The van der Waals surface area contributed by atoms with Gasteiger partial charge in [-0.3, -0.25) is 4.79 Å². The number of aromatic nitrogens is 1. The number of phenolic OH excluding ortho intramolecular Hbond substituents is 2. The van der Waals surface area contributed by atoms with Gasteiger partial charge in [-0.05, 0) is 42.2 Å². The molecule has 0 saturated carbocycles. The lowest BCUT2D eigenvalue weighted by atomic mass is 9.94. The van der Waals surface area contributed by atoms with E-state index in [9.17, 15) is 15.0 Å². The summed E-state index contributed by atoms with van der Waals surface area (Å²) in [4.78, 5) is 18.6. The average molecular weight is 468 g/mol. The van der Waals surface area contributed by atoms with Gasteiger partial charge >= 0.3 is 0 Å². The van der Waals surface area contributed by atoms with Crippen molar-refractivity contribution in [1.82, 2.24) is 15.5 Å². The largest absolute Gasteiger partial charge is 0.508 e. The first-order chi connectivity index (χ1) is 16.4. The number of carbonyl (C=O) groups excluding carboxylic acids is 1. The van der Waals surface area contributed by atoms with Gasteiger partial charge in [-0.25, -0.2) is 0 Å². The molecule has 1 saturated heterocycles. The van der Waals surface area contributed by atoms with Crippen LogP contribution in [0.15, 0.2) is 40.9 Å². The third-order valence-corrected chi connectivity index (χ3v) is 5.60. The van der Waals surface area contributed by atoms with Gasteiger partial charge in [-0.1, -0.05) is 31.1 Å². The number of hydroxylamine groups is 2. The molecule has 3 N–H and O–H groups in total. The lowest BCUT2D eigenvalue weighted by Gasteiger charge is -2.26. The number of morpholine rings is 1. The molecule has 3 aromatic rings. The Kier molecular flexibility index (Phi) is 7.04. The molecule has 9 nitrogen and oxygen atoms in total. The second-order valence-corrected chi connectivity index (χ2v) is 8.33. The molecule has 2 heterocycles. The Morgan fingerprint density at radius 2 is 1.85 bits per heavy atom. The minimum Gasteiger partial charge on any atom is -0.508 e. The van der Waals surface area contributed by atoms with Crippen LogP contribution >= 0.6 is 0 Å².